The number of rotatable bonds is 7. The standard InChI is InChI=1S/C21H25N3O5/c1-23(2)7-8-24-18-6-5-15(11-19(18)29-13-20(24)25)22-21(26)14-9-16(27-3)12-17(10-14)28-4/h5-6,9-12H,7-8,13H2,1-4H3,(H,22,26). The molecule has 8 nitrogen and oxygen atoms in total. The number of benzene rings is 2. The Morgan fingerprint density at radius 2 is 1.83 bits per heavy atom. The highest BCUT2D eigenvalue weighted by Crippen LogP contribution is 2.34. The van der Waals surface area contributed by atoms with Crippen LogP contribution >= 0.6 is 0 Å². The van der Waals surface area contributed by atoms with Crippen LogP contribution < -0.4 is 24.4 Å². The lowest BCUT2D eigenvalue weighted by atomic mass is 10.1. The molecule has 8 heteroatoms. The number of likely N-dealkylation sites (N-methyl/N-ethyl adjacent to an activating group) is 1. The van der Waals surface area contributed by atoms with Gasteiger partial charge in [0.1, 0.15) is 17.2 Å². The maximum Gasteiger partial charge on any atom is 0.265 e. The van der Waals surface area contributed by atoms with Crippen LogP contribution in [-0.4, -0.2) is 64.7 Å². The minimum absolute atomic E-state index is 0.0229. The second-order valence-corrected chi connectivity index (χ2v) is 6.88. The van der Waals surface area contributed by atoms with E-state index >= 15 is 0 Å². The first-order valence-electron chi connectivity index (χ1n) is 9.17. The molecule has 1 N–H and O–H groups in total. The largest absolute Gasteiger partial charge is 0.497 e. The van der Waals surface area contributed by atoms with Crippen molar-refractivity contribution in [3.63, 3.8) is 0 Å². The first-order valence-corrected chi connectivity index (χ1v) is 9.17. The van der Waals surface area contributed by atoms with E-state index in [2.05, 4.69) is 5.32 Å². The molecule has 2 amide bonds. The van der Waals surface area contributed by atoms with Gasteiger partial charge < -0.3 is 29.3 Å². The second kappa shape index (κ2) is 8.83. The molecule has 0 aliphatic carbocycles. The first-order chi connectivity index (χ1) is 13.9. The van der Waals surface area contributed by atoms with E-state index in [0.717, 1.165) is 6.54 Å². The van der Waals surface area contributed by atoms with Gasteiger partial charge in [0.25, 0.3) is 11.8 Å². The van der Waals surface area contributed by atoms with Crippen molar-refractivity contribution in [1.29, 1.82) is 0 Å². The maximum absolute atomic E-state index is 12.7. The Balaban J connectivity index is 1.79. The molecule has 154 valence electrons. The lowest BCUT2D eigenvalue weighted by Gasteiger charge is -2.30. The van der Waals surface area contributed by atoms with E-state index in [9.17, 15) is 9.59 Å². The van der Waals surface area contributed by atoms with Gasteiger partial charge in [-0.05, 0) is 38.4 Å². The number of ether oxygens (including phenoxy) is 3. The van der Waals surface area contributed by atoms with Gasteiger partial charge in [-0.25, -0.2) is 0 Å². The molecule has 1 aliphatic heterocycles. The third kappa shape index (κ3) is 4.78. The molecular weight excluding hydrogens is 374 g/mol. The van der Waals surface area contributed by atoms with Gasteiger partial charge in [-0.3, -0.25) is 9.59 Å². The molecule has 1 heterocycles. The zero-order valence-corrected chi connectivity index (χ0v) is 17.0. The van der Waals surface area contributed by atoms with Crippen LogP contribution in [0, 0.1) is 0 Å². The zero-order valence-electron chi connectivity index (χ0n) is 17.0. The minimum atomic E-state index is -0.307. The fourth-order valence-electron chi connectivity index (χ4n) is 2.97. The quantitative estimate of drug-likeness (QED) is 0.769. The predicted molar refractivity (Wildman–Crippen MR) is 110 cm³/mol. The molecule has 0 radical (unpaired) electrons. The normalized spacial score (nSPS) is 13.0. The Kier molecular flexibility index (Phi) is 6.23. The number of amides is 2. The summed E-state index contributed by atoms with van der Waals surface area (Å²) in [7, 11) is 6.97. The van der Waals surface area contributed by atoms with Gasteiger partial charge in [-0.2, -0.15) is 0 Å². The molecule has 2 aromatic carbocycles. The summed E-state index contributed by atoms with van der Waals surface area (Å²) in [5, 5.41) is 2.85. The molecule has 0 fully saturated rings. The van der Waals surface area contributed by atoms with Gasteiger partial charge in [-0.15, -0.1) is 0 Å². The molecule has 3 rings (SSSR count). The van der Waals surface area contributed by atoms with Crippen molar-refractivity contribution < 1.29 is 23.8 Å². The van der Waals surface area contributed by atoms with Gasteiger partial charge in [0, 0.05) is 36.5 Å². The smallest absolute Gasteiger partial charge is 0.265 e. The van der Waals surface area contributed by atoms with Crippen LogP contribution in [0.2, 0.25) is 0 Å². The molecule has 0 saturated heterocycles. The van der Waals surface area contributed by atoms with E-state index in [-0.39, 0.29) is 18.4 Å². The van der Waals surface area contributed by atoms with Crippen LogP contribution in [0.25, 0.3) is 0 Å². The highest BCUT2D eigenvalue weighted by Gasteiger charge is 2.25. The number of fused-ring (bicyclic) bond motifs is 1. The Hall–Kier alpha value is -3.26. The van der Waals surface area contributed by atoms with E-state index in [1.54, 1.807) is 41.3 Å². The van der Waals surface area contributed by atoms with Gasteiger partial charge in [0.05, 0.1) is 19.9 Å². The average molecular weight is 399 g/mol. The molecule has 1 aliphatic rings. The van der Waals surface area contributed by atoms with Crippen molar-refractivity contribution in [2.45, 2.75) is 0 Å². The van der Waals surface area contributed by atoms with Crippen LogP contribution in [0.5, 0.6) is 17.2 Å². The summed E-state index contributed by atoms with van der Waals surface area (Å²) in [6.07, 6.45) is 0. The number of carbonyl (C=O) groups excluding carboxylic acids is 2. The van der Waals surface area contributed by atoms with Crippen molar-refractivity contribution in [2.75, 3.05) is 58.2 Å². The molecule has 2 aromatic rings. The van der Waals surface area contributed by atoms with Crippen LogP contribution in [0.15, 0.2) is 36.4 Å². The molecule has 0 saturated carbocycles. The number of anilines is 2. The van der Waals surface area contributed by atoms with Gasteiger partial charge in [-0.1, -0.05) is 0 Å². The van der Waals surface area contributed by atoms with Gasteiger partial charge in [0.15, 0.2) is 6.61 Å². The van der Waals surface area contributed by atoms with E-state index in [0.29, 0.717) is 40.7 Å². The van der Waals surface area contributed by atoms with Crippen molar-refractivity contribution >= 4 is 23.2 Å². The van der Waals surface area contributed by atoms with E-state index in [4.69, 9.17) is 14.2 Å². The molecule has 0 unspecified atom stereocenters. The molecule has 0 aromatic heterocycles. The van der Waals surface area contributed by atoms with Crippen molar-refractivity contribution in [3.05, 3.63) is 42.0 Å². The van der Waals surface area contributed by atoms with Crippen LogP contribution in [0.4, 0.5) is 11.4 Å². The fourth-order valence-corrected chi connectivity index (χ4v) is 2.97. The summed E-state index contributed by atoms with van der Waals surface area (Å²) < 4.78 is 16.0. The number of nitrogens with one attached hydrogen (secondary N) is 1. The summed E-state index contributed by atoms with van der Waals surface area (Å²) in [6.45, 7) is 1.28. The average Bonchev–Trinajstić information content (AvgIpc) is 2.72. The third-order valence-corrected chi connectivity index (χ3v) is 4.55. The highest BCUT2D eigenvalue weighted by atomic mass is 16.5. The van der Waals surface area contributed by atoms with Crippen molar-refractivity contribution in [3.8, 4) is 17.2 Å². The first kappa shape index (κ1) is 20.5. The molecular formula is C21H25N3O5. The summed E-state index contributed by atoms with van der Waals surface area (Å²) in [5.41, 5.74) is 1.67. The monoisotopic (exact) mass is 399 g/mol. The van der Waals surface area contributed by atoms with E-state index in [1.165, 1.54) is 14.2 Å². The van der Waals surface area contributed by atoms with E-state index < -0.39 is 0 Å². The van der Waals surface area contributed by atoms with E-state index in [1.807, 2.05) is 19.0 Å². The Bertz CT molecular complexity index is 891. The predicted octanol–water partition coefficient (Wildman–Crippen LogP) is 2.24. The van der Waals surface area contributed by atoms with Crippen molar-refractivity contribution in [2.24, 2.45) is 0 Å². The number of carbonyl (C=O) groups is 2. The lowest BCUT2D eigenvalue weighted by Crippen LogP contribution is -2.42. The molecule has 0 spiro atoms. The van der Waals surface area contributed by atoms with Crippen LogP contribution in [0.1, 0.15) is 10.4 Å². The summed E-state index contributed by atoms with van der Waals surface area (Å²) in [5.74, 6) is 1.22. The Morgan fingerprint density at radius 1 is 1.14 bits per heavy atom. The number of methoxy groups -OCH3 is 2. The zero-order chi connectivity index (χ0) is 21.0. The van der Waals surface area contributed by atoms with Gasteiger partial charge in [0.2, 0.25) is 0 Å². The van der Waals surface area contributed by atoms with Crippen LogP contribution in [-0.2, 0) is 4.79 Å². The number of nitrogens with zero attached hydrogens (tertiary/aromatic N) is 2. The summed E-state index contributed by atoms with van der Waals surface area (Å²) in [6, 6.07) is 10.2. The molecule has 0 atom stereocenters. The summed E-state index contributed by atoms with van der Waals surface area (Å²) in [4.78, 5) is 28.6. The minimum Gasteiger partial charge on any atom is -0.497 e. The Labute approximate surface area is 170 Å². The summed E-state index contributed by atoms with van der Waals surface area (Å²) >= 11 is 0. The topological polar surface area (TPSA) is 80.3 Å². The van der Waals surface area contributed by atoms with Gasteiger partial charge >= 0.3 is 0 Å². The van der Waals surface area contributed by atoms with Crippen LogP contribution in [0.3, 0.4) is 0 Å². The molecule has 29 heavy (non-hydrogen) atoms. The lowest BCUT2D eigenvalue weighted by molar-refractivity contribution is -0.121. The van der Waals surface area contributed by atoms with Crippen molar-refractivity contribution in [1.82, 2.24) is 4.90 Å². The third-order valence-electron chi connectivity index (χ3n) is 4.55. The number of hydrogen-bond donors (Lipinski definition) is 1. The number of hydrogen-bond acceptors (Lipinski definition) is 6. The SMILES string of the molecule is COc1cc(OC)cc(C(=O)Nc2ccc3c(c2)OCC(=O)N3CCN(C)C)c1. The highest BCUT2D eigenvalue weighted by molar-refractivity contribution is 6.05. The molecule has 0 bridgehead atoms. The fraction of sp³-hybridized carbons (Fsp3) is 0.333. The second-order valence-electron chi connectivity index (χ2n) is 6.88. The Morgan fingerprint density at radius 3 is 2.45 bits per heavy atom. The maximum atomic E-state index is 12.7.